The molecule has 0 saturated heterocycles. The Balaban J connectivity index is 2.00. The van der Waals surface area contributed by atoms with Crippen LogP contribution in [0.15, 0.2) is 36.4 Å². The van der Waals surface area contributed by atoms with Crippen LogP contribution in [-0.4, -0.2) is 56.5 Å². The number of nitro benzene ring substituents is 1. The molecule has 0 aliphatic heterocycles. The summed E-state index contributed by atoms with van der Waals surface area (Å²) in [5.41, 5.74) is -0.260. The van der Waals surface area contributed by atoms with E-state index in [0.717, 1.165) is 6.07 Å². The number of non-ortho nitro benzene ring substituents is 1. The fourth-order valence-corrected chi connectivity index (χ4v) is 2.49. The Morgan fingerprint density at radius 3 is 2.28 bits per heavy atom. The van der Waals surface area contributed by atoms with Crippen LogP contribution in [0.3, 0.4) is 0 Å². The van der Waals surface area contributed by atoms with Crippen molar-refractivity contribution >= 4 is 11.6 Å². The van der Waals surface area contributed by atoms with E-state index in [1.54, 1.807) is 18.2 Å². The molecule has 29 heavy (non-hydrogen) atoms. The summed E-state index contributed by atoms with van der Waals surface area (Å²) in [6.45, 7) is -0.300. The molecule has 2 aromatic rings. The molecule has 0 radical (unpaired) electrons. The van der Waals surface area contributed by atoms with Crippen molar-refractivity contribution in [3.05, 3.63) is 52.1 Å². The molecule has 156 valence electrons. The lowest BCUT2D eigenvalue weighted by Crippen LogP contribution is -2.35. The highest BCUT2D eigenvalue weighted by Crippen LogP contribution is 2.36. The first-order chi connectivity index (χ1) is 13.9. The molecule has 2 N–H and O–H groups in total. The van der Waals surface area contributed by atoms with Gasteiger partial charge < -0.3 is 29.4 Å². The lowest BCUT2D eigenvalue weighted by atomic mass is 10.1. The molecule has 0 spiro atoms. The normalized spacial score (nSPS) is 11.3. The summed E-state index contributed by atoms with van der Waals surface area (Å²) in [6, 6.07) is 8.77. The second-order valence-corrected chi connectivity index (χ2v) is 5.81. The maximum Gasteiger partial charge on any atom is 0.270 e. The zero-order valence-electron chi connectivity index (χ0n) is 16.2. The molecule has 0 saturated carbocycles. The summed E-state index contributed by atoms with van der Waals surface area (Å²) in [7, 11) is 4.30. The third-order valence-corrected chi connectivity index (χ3v) is 3.94. The first-order valence-corrected chi connectivity index (χ1v) is 8.53. The number of para-hydroxylation sites is 1. The molecule has 0 aliphatic rings. The molecule has 0 aromatic heterocycles. The summed E-state index contributed by atoms with van der Waals surface area (Å²) >= 11 is 0. The predicted octanol–water partition coefficient (Wildman–Crippen LogP) is 1.79. The Labute approximate surface area is 167 Å². The van der Waals surface area contributed by atoms with Crippen molar-refractivity contribution in [2.24, 2.45) is 0 Å². The highest BCUT2D eigenvalue weighted by molar-refractivity contribution is 5.97. The topological polar surface area (TPSA) is 129 Å². The van der Waals surface area contributed by atoms with E-state index in [1.165, 1.54) is 33.5 Å². The van der Waals surface area contributed by atoms with Gasteiger partial charge in [0.15, 0.2) is 11.5 Å². The van der Waals surface area contributed by atoms with E-state index < -0.39 is 16.9 Å². The second kappa shape index (κ2) is 10.1. The number of hydrogen-bond acceptors (Lipinski definition) is 8. The highest BCUT2D eigenvalue weighted by Gasteiger charge is 2.19. The van der Waals surface area contributed by atoms with Crippen LogP contribution in [0.25, 0.3) is 0 Å². The van der Waals surface area contributed by atoms with Gasteiger partial charge in [0.2, 0.25) is 5.75 Å². The Morgan fingerprint density at radius 1 is 1.10 bits per heavy atom. The van der Waals surface area contributed by atoms with E-state index in [-0.39, 0.29) is 30.2 Å². The van der Waals surface area contributed by atoms with Gasteiger partial charge in [-0.25, -0.2) is 0 Å². The molecule has 1 amide bonds. The minimum atomic E-state index is -1.06. The van der Waals surface area contributed by atoms with Crippen LogP contribution in [0.2, 0.25) is 0 Å². The van der Waals surface area contributed by atoms with E-state index in [4.69, 9.17) is 18.9 Å². The van der Waals surface area contributed by atoms with Crippen molar-refractivity contribution < 1.29 is 33.8 Å². The number of hydrogen-bond donors (Lipinski definition) is 2. The van der Waals surface area contributed by atoms with Crippen molar-refractivity contribution in [2.75, 3.05) is 34.5 Å². The number of carbonyl (C=O) groups is 1. The van der Waals surface area contributed by atoms with Crippen molar-refractivity contribution in [3.8, 4) is 23.0 Å². The molecule has 1 unspecified atom stereocenters. The fraction of sp³-hybridized carbons (Fsp3) is 0.316. The van der Waals surface area contributed by atoms with Gasteiger partial charge >= 0.3 is 0 Å². The van der Waals surface area contributed by atoms with Crippen LogP contribution in [0, 0.1) is 10.1 Å². The third-order valence-electron chi connectivity index (χ3n) is 3.94. The lowest BCUT2D eigenvalue weighted by molar-refractivity contribution is -0.384. The van der Waals surface area contributed by atoms with Gasteiger partial charge in [0.05, 0.1) is 31.8 Å². The number of methoxy groups -OCH3 is 3. The van der Waals surface area contributed by atoms with E-state index in [1.807, 2.05) is 0 Å². The lowest BCUT2D eigenvalue weighted by Gasteiger charge is -2.17. The monoisotopic (exact) mass is 406 g/mol. The van der Waals surface area contributed by atoms with Crippen LogP contribution in [0.4, 0.5) is 5.69 Å². The standard InChI is InChI=1S/C19H22N2O8/c1-26-15-8-7-12(21(24)25)9-14(15)19(23)20-10-13(22)11-29-18-16(27-2)5-4-6-17(18)28-3/h4-9,13,22H,10-11H2,1-3H3,(H,20,23). The van der Waals surface area contributed by atoms with Crippen LogP contribution >= 0.6 is 0 Å². The van der Waals surface area contributed by atoms with Gasteiger partial charge in [0.1, 0.15) is 18.5 Å². The van der Waals surface area contributed by atoms with Gasteiger partial charge in [-0.3, -0.25) is 14.9 Å². The van der Waals surface area contributed by atoms with Crippen LogP contribution in [-0.2, 0) is 0 Å². The number of carbonyl (C=O) groups excluding carboxylic acids is 1. The maximum absolute atomic E-state index is 12.4. The van der Waals surface area contributed by atoms with E-state index in [2.05, 4.69) is 5.32 Å². The SMILES string of the molecule is COc1ccc([N+](=O)[O-])cc1C(=O)NCC(O)COc1c(OC)cccc1OC. The van der Waals surface area contributed by atoms with E-state index >= 15 is 0 Å². The molecule has 2 rings (SSSR count). The zero-order chi connectivity index (χ0) is 21.4. The van der Waals surface area contributed by atoms with Crippen molar-refractivity contribution in [1.82, 2.24) is 5.32 Å². The maximum atomic E-state index is 12.4. The minimum absolute atomic E-state index is 0.0128. The Bertz CT molecular complexity index is 849. The number of aliphatic hydroxyl groups excluding tert-OH is 1. The number of benzene rings is 2. The van der Waals surface area contributed by atoms with Gasteiger partial charge in [-0.05, 0) is 18.2 Å². The summed E-state index contributed by atoms with van der Waals surface area (Å²) < 4.78 is 21.1. The van der Waals surface area contributed by atoms with Crippen LogP contribution in [0.5, 0.6) is 23.0 Å². The molecule has 0 fully saturated rings. The molecule has 1 atom stereocenters. The second-order valence-electron chi connectivity index (χ2n) is 5.81. The average molecular weight is 406 g/mol. The quantitative estimate of drug-likeness (QED) is 0.451. The number of nitrogens with zero attached hydrogens (tertiary/aromatic N) is 1. The number of aliphatic hydroxyl groups is 1. The molecule has 10 heteroatoms. The number of amides is 1. The molecule has 0 heterocycles. The average Bonchev–Trinajstić information content (AvgIpc) is 2.74. The van der Waals surface area contributed by atoms with Crippen LogP contribution in [0.1, 0.15) is 10.4 Å². The minimum Gasteiger partial charge on any atom is -0.496 e. The first kappa shape index (κ1) is 21.8. The summed E-state index contributed by atoms with van der Waals surface area (Å²) in [6.07, 6.45) is -1.06. The van der Waals surface area contributed by atoms with Crippen molar-refractivity contribution in [3.63, 3.8) is 0 Å². The summed E-state index contributed by atoms with van der Waals surface area (Å²) in [5.74, 6) is 0.740. The Kier molecular flexibility index (Phi) is 7.61. The van der Waals surface area contributed by atoms with Gasteiger partial charge in [0.25, 0.3) is 11.6 Å². The summed E-state index contributed by atoms with van der Waals surface area (Å²) in [5, 5.41) is 23.6. The largest absolute Gasteiger partial charge is 0.496 e. The van der Waals surface area contributed by atoms with Gasteiger partial charge in [-0.15, -0.1) is 0 Å². The van der Waals surface area contributed by atoms with Gasteiger partial charge in [0, 0.05) is 18.7 Å². The molecular weight excluding hydrogens is 384 g/mol. The number of rotatable bonds is 10. The van der Waals surface area contributed by atoms with Crippen molar-refractivity contribution in [1.29, 1.82) is 0 Å². The van der Waals surface area contributed by atoms with Crippen LogP contribution < -0.4 is 24.3 Å². The van der Waals surface area contributed by atoms with E-state index in [0.29, 0.717) is 17.2 Å². The molecular formula is C19H22N2O8. The first-order valence-electron chi connectivity index (χ1n) is 8.53. The molecule has 2 aromatic carbocycles. The van der Waals surface area contributed by atoms with Gasteiger partial charge in [-0.2, -0.15) is 0 Å². The molecule has 0 aliphatic carbocycles. The number of nitro groups is 1. The third kappa shape index (κ3) is 5.48. The van der Waals surface area contributed by atoms with Gasteiger partial charge in [-0.1, -0.05) is 6.07 Å². The predicted molar refractivity (Wildman–Crippen MR) is 103 cm³/mol. The van der Waals surface area contributed by atoms with E-state index in [9.17, 15) is 20.0 Å². The number of nitrogens with one attached hydrogen (secondary N) is 1. The Hall–Kier alpha value is -3.53. The highest BCUT2D eigenvalue weighted by atomic mass is 16.6. The summed E-state index contributed by atoms with van der Waals surface area (Å²) in [4.78, 5) is 22.7. The van der Waals surface area contributed by atoms with Crippen molar-refractivity contribution in [2.45, 2.75) is 6.10 Å². The number of ether oxygens (including phenoxy) is 4. The Morgan fingerprint density at radius 2 is 1.72 bits per heavy atom. The molecule has 10 nitrogen and oxygen atoms in total. The zero-order valence-corrected chi connectivity index (χ0v) is 16.2. The smallest absolute Gasteiger partial charge is 0.270 e. The molecule has 0 bridgehead atoms. The fourth-order valence-electron chi connectivity index (χ4n) is 2.49.